The first kappa shape index (κ1) is 9.98. The van der Waals surface area contributed by atoms with Crippen molar-refractivity contribution in [3.63, 3.8) is 0 Å². The van der Waals surface area contributed by atoms with Crippen molar-refractivity contribution in [2.24, 2.45) is 5.73 Å². The topological polar surface area (TPSA) is 55.6 Å². The number of carbonyl (C=O) groups is 1. The molecule has 2 rings (SSSR count). The van der Waals surface area contributed by atoms with Gasteiger partial charge in [-0.05, 0) is 18.6 Å². The summed E-state index contributed by atoms with van der Waals surface area (Å²) in [7, 11) is 3.31. The van der Waals surface area contributed by atoms with Crippen LogP contribution in [0, 0.1) is 6.92 Å². The number of hydrogen-bond acceptors (Lipinski definition) is 3. The number of anilines is 1. The molecule has 0 saturated carbocycles. The number of ether oxygens (including phenoxy) is 1. The van der Waals surface area contributed by atoms with Crippen LogP contribution < -0.4 is 15.4 Å². The third-order valence-electron chi connectivity index (χ3n) is 2.74. The van der Waals surface area contributed by atoms with Crippen LogP contribution >= 0.6 is 0 Å². The number of nitrogens with zero attached hydrogens (tertiary/aromatic N) is 1. The summed E-state index contributed by atoms with van der Waals surface area (Å²) >= 11 is 0. The molecular weight excluding hydrogens is 192 g/mol. The molecule has 1 aromatic rings. The van der Waals surface area contributed by atoms with Gasteiger partial charge in [0.05, 0.1) is 12.8 Å². The number of methoxy groups -OCH3 is 1. The zero-order chi connectivity index (χ0) is 11.2. The van der Waals surface area contributed by atoms with Gasteiger partial charge >= 0.3 is 0 Å². The average Bonchev–Trinajstić information content (AvgIpc) is 2.43. The predicted octanol–water partition coefficient (Wildman–Crippen LogP) is 0.980. The van der Waals surface area contributed by atoms with Crippen molar-refractivity contribution in [1.82, 2.24) is 0 Å². The van der Waals surface area contributed by atoms with Crippen molar-refractivity contribution in [2.45, 2.75) is 13.0 Å². The monoisotopic (exact) mass is 206 g/mol. The molecule has 1 amide bonds. The third kappa shape index (κ3) is 1.29. The molecule has 4 heteroatoms. The lowest BCUT2D eigenvalue weighted by molar-refractivity contribution is -0.118. The molecule has 1 aliphatic heterocycles. The number of aryl methyl sites for hydroxylation is 1. The lowest BCUT2D eigenvalue weighted by Gasteiger charge is -2.14. The number of rotatable bonds is 1. The average molecular weight is 206 g/mol. The van der Waals surface area contributed by atoms with Gasteiger partial charge in [0.25, 0.3) is 0 Å². The predicted molar refractivity (Wildman–Crippen MR) is 58.1 cm³/mol. The fraction of sp³-hybridized carbons (Fsp3) is 0.364. The number of carbonyl (C=O) groups excluding carboxylic acids is 1. The molecule has 80 valence electrons. The molecule has 2 N–H and O–H groups in total. The summed E-state index contributed by atoms with van der Waals surface area (Å²) in [5, 5.41) is 0. The van der Waals surface area contributed by atoms with Gasteiger partial charge in [-0.1, -0.05) is 6.07 Å². The van der Waals surface area contributed by atoms with Crippen molar-refractivity contribution in [2.75, 3.05) is 19.1 Å². The van der Waals surface area contributed by atoms with Gasteiger partial charge in [-0.3, -0.25) is 4.79 Å². The maximum absolute atomic E-state index is 11.7. The van der Waals surface area contributed by atoms with Crippen LogP contribution in [0.1, 0.15) is 17.2 Å². The highest BCUT2D eigenvalue weighted by Gasteiger charge is 2.34. The first-order chi connectivity index (χ1) is 7.06. The van der Waals surface area contributed by atoms with Gasteiger partial charge in [0.1, 0.15) is 11.8 Å². The Morgan fingerprint density at radius 2 is 2.13 bits per heavy atom. The van der Waals surface area contributed by atoms with Crippen LogP contribution in [0.4, 0.5) is 5.69 Å². The van der Waals surface area contributed by atoms with Gasteiger partial charge in [0.2, 0.25) is 5.91 Å². The minimum Gasteiger partial charge on any atom is -0.495 e. The molecule has 0 aliphatic carbocycles. The number of likely N-dealkylation sites (N-methyl/N-ethyl adjacent to an activating group) is 1. The molecular formula is C11H14N2O2. The van der Waals surface area contributed by atoms with E-state index in [2.05, 4.69) is 0 Å². The molecule has 1 aliphatic rings. The molecule has 1 aromatic carbocycles. The first-order valence-electron chi connectivity index (χ1n) is 4.78. The minimum atomic E-state index is -0.557. The standard InChI is InChI=1S/C11H14N2O2/c1-6-4-7-9(12)11(14)13(2)10(7)8(5-6)15-3/h4-5,9H,12H2,1-3H3. The van der Waals surface area contributed by atoms with E-state index in [0.29, 0.717) is 5.75 Å². The van der Waals surface area contributed by atoms with E-state index in [9.17, 15) is 4.79 Å². The third-order valence-corrected chi connectivity index (χ3v) is 2.74. The Morgan fingerprint density at radius 1 is 1.47 bits per heavy atom. The Labute approximate surface area is 88.6 Å². The first-order valence-corrected chi connectivity index (χ1v) is 4.78. The van der Waals surface area contributed by atoms with E-state index in [4.69, 9.17) is 10.5 Å². The van der Waals surface area contributed by atoms with Crippen LogP contribution in [0.25, 0.3) is 0 Å². The molecule has 4 nitrogen and oxygen atoms in total. The Bertz CT molecular complexity index is 429. The maximum Gasteiger partial charge on any atom is 0.248 e. The molecule has 0 radical (unpaired) electrons. The summed E-state index contributed by atoms with van der Waals surface area (Å²) in [6.45, 7) is 1.96. The summed E-state index contributed by atoms with van der Waals surface area (Å²) in [5.74, 6) is 0.614. The smallest absolute Gasteiger partial charge is 0.248 e. The van der Waals surface area contributed by atoms with E-state index in [1.807, 2.05) is 19.1 Å². The fourth-order valence-electron chi connectivity index (χ4n) is 1.98. The van der Waals surface area contributed by atoms with E-state index >= 15 is 0 Å². The Hall–Kier alpha value is -1.55. The Kier molecular flexibility index (Phi) is 2.16. The molecule has 0 bridgehead atoms. The molecule has 15 heavy (non-hydrogen) atoms. The van der Waals surface area contributed by atoms with Crippen LogP contribution in [-0.4, -0.2) is 20.1 Å². The van der Waals surface area contributed by atoms with E-state index in [0.717, 1.165) is 16.8 Å². The molecule has 0 fully saturated rings. The van der Waals surface area contributed by atoms with Crippen LogP contribution in [-0.2, 0) is 4.79 Å². The summed E-state index contributed by atoms with van der Waals surface area (Å²) < 4.78 is 5.26. The number of fused-ring (bicyclic) bond motifs is 1. The lowest BCUT2D eigenvalue weighted by atomic mass is 10.1. The summed E-state index contributed by atoms with van der Waals surface area (Å²) in [6.07, 6.45) is 0. The normalized spacial score (nSPS) is 19.3. The lowest BCUT2D eigenvalue weighted by Crippen LogP contribution is -2.28. The minimum absolute atomic E-state index is 0.0890. The summed E-state index contributed by atoms with van der Waals surface area (Å²) in [6, 6.07) is 3.28. The highest BCUT2D eigenvalue weighted by atomic mass is 16.5. The van der Waals surface area contributed by atoms with Crippen molar-refractivity contribution in [3.8, 4) is 5.75 Å². The SMILES string of the molecule is COc1cc(C)cc2c1N(C)C(=O)C2N. The van der Waals surface area contributed by atoms with Crippen molar-refractivity contribution in [3.05, 3.63) is 23.3 Å². The van der Waals surface area contributed by atoms with Crippen LogP contribution in [0.5, 0.6) is 5.75 Å². The van der Waals surface area contributed by atoms with Gasteiger partial charge in [0, 0.05) is 12.6 Å². The van der Waals surface area contributed by atoms with Gasteiger partial charge in [0.15, 0.2) is 0 Å². The summed E-state index contributed by atoms with van der Waals surface area (Å²) in [4.78, 5) is 13.2. The number of benzene rings is 1. The van der Waals surface area contributed by atoms with Gasteiger partial charge in [-0.25, -0.2) is 0 Å². The molecule has 0 aromatic heterocycles. The van der Waals surface area contributed by atoms with Gasteiger partial charge in [-0.2, -0.15) is 0 Å². The number of nitrogens with two attached hydrogens (primary N) is 1. The second-order valence-corrected chi connectivity index (χ2v) is 3.78. The van der Waals surface area contributed by atoms with Crippen LogP contribution in [0.15, 0.2) is 12.1 Å². The molecule has 1 atom stereocenters. The van der Waals surface area contributed by atoms with E-state index in [1.165, 1.54) is 0 Å². The second kappa shape index (κ2) is 3.24. The zero-order valence-corrected chi connectivity index (χ0v) is 9.07. The Morgan fingerprint density at radius 3 is 2.73 bits per heavy atom. The second-order valence-electron chi connectivity index (χ2n) is 3.78. The van der Waals surface area contributed by atoms with E-state index in [-0.39, 0.29) is 5.91 Å². The van der Waals surface area contributed by atoms with Gasteiger partial charge < -0.3 is 15.4 Å². The quantitative estimate of drug-likeness (QED) is 0.745. The van der Waals surface area contributed by atoms with Crippen LogP contribution in [0.2, 0.25) is 0 Å². The molecule has 1 heterocycles. The molecule has 0 spiro atoms. The molecule has 0 saturated heterocycles. The number of hydrogen-bond donors (Lipinski definition) is 1. The van der Waals surface area contributed by atoms with E-state index in [1.54, 1.807) is 19.1 Å². The highest BCUT2D eigenvalue weighted by Crippen LogP contribution is 2.41. The maximum atomic E-state index is 11.7. The molecule has 1 unspecified atom stereocenters. The largest absolute Gasteiger partial charge is 0.495 e. The van der Waals surface area contributed by atoms with Gasteiger partial charge in [-0.15, -0.1) is 0 Å². The van der Waals surface area contributed by atoms with Crippen molar-refractivity contribution < 1.29 is 9.53 Å². The zero-order valence-electron chi connectivity index (χ0n) is 9.07. The fourth-order valence-corrected chi connectivity index (χ4v) is 1.98. The Balaban J connectivity index is 2.67. The van der Waals surface area contributed by atoms with Crippen molar-refractivity contribution in [1.29, 1.82) is 0 Å². The summed E-state index contributed by atoms with van der Waals surface area (Å²) in [5.41, 5.74) is 8.51. The van der Waals surface area contributed by atoms with E-state index < -0.39 is 6.04 Å². The highest BCUT2D eigenvalue weighted by molar-refractivity contribution is 6.05. The van der Waals surface area contributed by atoms with Crippen molar-refractivity contribution >= 4 is 11.6 Å². The van der Waals surface area contributed by atoms with Crippen LogP contribution in [0.3, 0.4) is 0 Å². The number of amides is 1.